The molecule has 17 heavy (non-hydrogen) atoms. The van der Waals surface area contributed by atoms with E-state index in [1.807, 2.05) is 13.1 Å². The van der Waals surface area contributed by atoms with Gasteiger partial charge in [0.25, 0.3) is 0 Å². The molecule has 0 amide bonds. The molecule has 2 aromatic heterocycles. The largest absolute Gasteiger partial charge is 0.369 e. The van der Waals surface area contributed by atoms with E-state index in [1.54, 1.807) is 6.20 Å². The first-order valence-corrected chi connectivity index (χ1v) is 5.84. The van der Waals surface area contributed by atoms with Crippen LogP contribution in [0.5, 0.6) is 0 Å². The Morgan fingerprint density at radius 1 is 1.35 bits per heavy atom. The van der Waals surface area contributed by atoms with Crippen molar-refractivity contribution < 1.29 is 0 Å². The van der Waals surface area contributed by atoms with Crippen molar-refractivity contribution in [1.82, 2.24) is 20.2 Å². The first-order valence-electron chi connectivity index (χ1n) is 5.46. The predicted octanol–water partition coefficient (Wildman–Crippen LogP) is 2.21. The minimum Gasteiger partial charge on any atom is -0.369 e. The molecular weight excluding hydrogens is 238 g/mol. The smallest absolute Gasteiger partial charge is 0.149 e. The second kappa shape index (κ2) is 5.63. The van der Waals surface area contributed by atoms with E-state index in [2.05, 4.69) is 25.5 Å². The highest BCUT2D eigenvalue weighted by molar-refractivity contribution is 6.29. The van der Waals surface area contributed by atoms with E-state index in [4.69, 9.17) is 11.6 Å². The van der Waals surface area contributed by atoms with E-state index in [1.165, 1.54) is 11.8 Å². The van der Waals surface area contributed by atoms with Crippen LogP contribution >= 0.6 is 11.6 Å². The maximum Gasteiger partial charge on any atom is 0.149 e. The molecule has 0 atom stereocenters. The number of aromatic nitrogens is 4. The molecule has 2 rings (SSSR count). The lowest BCUT2D eigenvalue weighted by atomic mass is 10.1. The van der Waals surface area contributed by atoms with Gasteiger partial charge in [-0.2, -0.15) is 5.10 Å². The third kappa shape index (κ3) is 3.42. The first-order chi connectivity index (χ1) is 8.25. The summed E-state index contributed by atoms with van der Waals surface area (Å²) in [4.78, 5) is 8.05. The van der Waals surface area contributed by atoms with Crippen LogP contribution in [0.4, 0.5) is 5.82 Å². The Bertz CT molecular complexity index is 482. The predicted molar refractivity (Wildman–Crippen MR) is 67.2 cm³/mol. The Labute approximate surface area is 105 Å². The zero-order valence-corrected chi connectivity index (χ0v) is 10.3. The Morgan fingerprint density at radius 2 is 2.24 bits per heavy atom. The average Bonchev–Trinajstić information content (AvgIpc) is 2.71. The van der Waals surface area contributed by atoms with Crippen LogP contribution in [-0.4, -0.2) is 26.7 Å². The minimum absolute atomic E-state index is 0.403. The van der Waals surface area contributed by atoms with Crippen LogP contribution in [0.2, 0.25) is 5.15 Å². The number of nitrogens with one attached hydrogen (secondary N) is 2. The van der Waals surface area contributed by atoms with Crippen molar-refractivity contribution in [2.24, 2.45) is 0 Å². The number of aryl methyl sites for hydroxylation is 2. The van der Waals surface area contributed by atoms with E-state index in [-0.39, 0.29) is 0 Å². The number of halogens is 1. The van der Waals surface area contributed by atoms with Gasteiger partial charge in [0.15, 0.2) is 0 Å². The molecule has 0 radical (unpaired) electrons. The van der Waals surface area contributed by atoms with Gasteiger partial charge in [0, 0.05) is 12.2 Å². The summed E-state index contributed by atoms with van der Waals surface area (Å²) in [5, 5.41) is 10.5. The lowest BCUT2D eigenvalue weighted by Crippen LogP contribution is -2.05. The van der Waals surface area contributed by atoms with E-state index in [0.29, 0.717) is 11.0 Å². The van der Waals surface area contributed by atoms with Crippen LogP contribution in [0.1, 0.15) is 17.7 Å². The Morgan fingerprint density at radius 3 is 2.94 bits per heavy atom. The van der Waals surface area contributed by atoms with Crippen LogP contribution in [0.15, 0.2) is 18.6 Å². The van der Waals surface area contributed by atoms with E-state index in [9.17, 15) is 0 Å². The van der Waals surface area contributed by atoms with Crippen LogP contribution in [0.3, 0.4) is 0 Å². The van der Waals surface area contributed by atoms with Gasteiger partial charge >= 0.3 is 0 Å². The summed E-state index contributed by atoms with van der Waals surface area (Å²) in [7, 11) is 0. The van der Waals surface area contributed by atoms with E-state index >= 15 is 0 Å². The molecule has 0 saturated carbocycles. The third-order valence-electron chi connectivity index (χ3n) is 2.47. The van der Waals surface area contributed by atoms with Gasteiger partial charge in [-0.05, 0) is 25.3 Å². The summed E-state index contributed by atoms with van der Waals surface area (Å²) in [5.41, 5.74) is 2.39. The summed E-state index contributed by atoms with van der Waals surface area (Å²) in [6, 6.07) is 0. The van der Waals surface area contributed by atoms with Crippen LogP contribution in [-0.2, 0) is 6.42 Å². The molecule has 0 saturated heterocycles. The molecule has 2 heterocycles. The van der Waals surface area contributed by atoms with Crippen molar-refractivity contribution in [2.75, 3.05) is 11.9 Å². The maximum atomic E-state index is 5.73. The Balaban J connectivity index is 1.75. The van der Waals surface area contributed by atoms with Gasteiger partial charge in [0.2, 0.25) is 0 Å². The minimum atomic E-state index is 0.403. The molecule has 0 aliphatic carbocycles. The number of hydrogen-bond donors (Lipinski definition) is 2. The number of H-pyrrole nitrogens is 1. The fourth-order valence-corrected chi connectivity index (χ4v) is 1.70. The Hall–Kier alpha value is -1.62. The first kappa shape index (κ1) is 11.9. The van der Waals surface area contributed by atoms with Gasteiger partial charge in [-0.1, -0.05) is 11.6 Å². The molecular formula is C11H14ClN5. The summed E-state index contributed by atoms with van der Waals surface area (Å²) >= 11 is 5.73. The molecule has 2 N–H and O–H groups in total. The molecule has 2 aromatic rings. The SMILES string of the molecule is Cc1[nH]ncc1CCCNc1cncc(Cl)n1. The van der Waals surface area contributed by atoms with Gasteiger partial charge in [-0.3, -0.25) is 10.1 Å². The van der Waals surface area contributed by atoms with Crippen molar-refractivity contribution in [3.63, 3.8) is 0 Å². The zero-order chi connectivity index (χ0) is 12.1. The number of nitrogens with zero attached hydrogens (tertiary/aromatic N) is 3. The quantitative estimate of drug-likeness (QED) is 0.800. The summed E-state index contributed by atoms with van der Waals surface area (Å²) in [6.45, 7) is 2.86. The monoisotopic (exact) mass is 251 g/mol. The molecule has 0 aliphatic rings. The Kier molecular flexibility index (Phi) is 3.93. The van der Waals surface area contributed by atoms with Crippen molar-refractivity contribution in [3.8, 4) is 0 Å². The van der Waals surface area contributed by atoms with Crippen molar-refractivity contribution in [2.45, 2.75) is 19.8 Å². The lowest BCUT2D eigenvalue weighted by Gasteiger charge is -2.04. The summed E-state index contributed by atoms with van der Waals surface area (Å²) in [6.07, 6.45) is 7.04. The highest BCUT2D eigenvalue weighted by atomic mass is 35.5. The van der Waals surface area contributed by atoms with Crippen molar-refractivity contribution in [1.29, 1.82) is 0 Å². The fraction of sp³-hybridized carbons (Fsp3) is 0.364. The van der Waals surface area contributed by atoms with Gasteiger partial charge in [0.1, 0.15) is 11.0 Å². The summed E-state index contributed by atoms with van der Waals surface area (Å²) in [5.74, 6) is 0.710. The number of rotatable bonds is 5. The molecule has 5 nitrogen and oxygen atoms in total. The topological polar surface area (TPSA) is 66.5 Å². The van der Waals surface area contributed by atoms with Crippen molar-refractivity contribution in [3.05, 3.63) is 35.0 Å². The molecule has 0 aliphatic heterocycles. The fourth-order valence-electron chi connectivity index (χ4n) is 1.55. The van der Waals surface area contributed by atoms with Gasteiger partial charge < -0.3 is 5.32 Å². The molecule has 0 spiro atoms. The second-order valence-corrected chi connectivity index (χ2v) is 4.16. The number of hydrogen-bond acceptors (Lipinski definition) is 4. The zero-order valence-electron chi connectivity index (χ0n) is 9.57. The van der Waals surface area contributed by atoms with Gasteiger partial charge in [0.05, 0.1) is 18.6 Å². The lowest BCUT2D eigenvalue weighted by molar-refractivity contribution is 0.852. The number of anilines is 1. The highest BCUT2D eigenvalue weighted by Gasteiger charge is 2.00. The average molecular weight is 252 g/mol. The third-order valence-corrected chi connectivity index (χ3v) is 2.65. The van der Waals surface area contributed by atoms with Gasteiger partial charge in [-0.15, -0.1) is 0 Å². The normalized spacial score (nSPS) is 10.5. The van der Waals surface area contributed by atoms with Crippen LogP contribution in [0, 0.1) is 6.92 Å². The summed E-state index contributed by atoms with van der Waals surface area (Å²) < 4.78 is 0. The molecule has 0 unspecified atom stereocenters. The standard InChI is InChI=1S/C11H14ClN5/c1-8-9(5-15-17-8)3-2-4-14-11-7-13-6-10(12)16-11/h5-7H,2-4H2,1H3,(H,14,16)(H,15,17). The van der Waals surface area contributed by atoms with Crippen molar-refractivity contribution >= 4 is 17.4 Å². The van der Waals surface area contributed by atoms with Gasteiger partial charge in [-0.25, -0.2) is 4.98 Å². The van der Waals surface area contributed by atoms with E-state index < -0.39 is 0 Å². The van der Waals surface area contributed by atoms with Crippen LogP contribution < -0.4 is 5.32 Å². The van der Waals surface area contributed by atoms with Crippen LogP contribution in [0.25, 0.3) is 0 Å². The molecule has 0 bridgehead atoms. The molecule has 0 aromatic carbocycles. The molecule has 6 heteroatoms. The highest BCUT2D eigenvalue weighted by Crippen LogP contribution is 2.08. The second-order valence-electron chi connectivity index (χ2n) is 3.78. The maximum absolute atomic E-state index is 5.73. The van der Waals surface area contributed by atoms with E-state index in [0.717, 1.165) is 25.1 Å². The number of aromatic amines is 1. The molecule has 0 fully saturated rings. The molecule has 90 valence electrons.